The monoisotopic (exact) mass is 251 g/mol. The van der Waals surface area contributed by atoms with E-state index >= 15 is 0 Å². The maximum atomic E-state index is 13.0. The molecule has 0 spiro atoms. The molecule has 0 unspecified atom stereocenters. The molecule has 0 aliphatic carbocycles. The Morgan fingerprint density at radius 3 is 2.88 bits per heavy atom. The quantitative estimate of drug-likeness (QED) is 0.829. The van der Waals surface area contributed by atoms with Gasteiger partial charge in [-0.3, -0.25) is 0 Å². The summed E-state index contributed by atoms with van der Waals surface area (Å²) in [5, 5.41) is 0. The standard InChI is InChI=1S/C13H14FNOS/c1-9-3-4-11(14)7-12(9)16-6-5-13-10(2)15-8-17-13/h3-4,7-8H,5-6H2,1-2H3. The molecule has 0 saturated carbocycles. The van der Waals surface area contributed by atoms with Crippen LogP contribution < -0.4 is 4.74 Å². The van der Waals surface area contributed by atoms with Crippen LogP contribution in [0.4, 0.5) is 4.39 Å². The summed E-state index contributed by atoms with van der Waals surface area (Å²) < 4.78 is 18.6. The van der Waals surface area contributed by atoms with Crippen molar-refractivity contribution in [3.8, 4) is 5.75 Å². The van der Waals surface area contributed by atoms with Crippen molar-refractivity contribution in [3.05, 3.63) is 45.7 Å². The lowest BCUT2D eigenvalue weighted by Crippen LogP contribution is -2.02. The van der Waals surface area contributed by atoms with Crippen LogP contribution in [0.25, 0.3) is 0 Å². The second kappa shape index (κ2) is 5.27. The average molecular weight is 251 g/mol. The van der Waals surface area contributed by atoms with Crippen LogP contribution in [0, 0.1) is 19.7 Å². The first-order chi connectivity index (χ1) is 8.16. The van der Waals surface area contributed by atoms with E-state index in [4.69, 9.17) is 4.74 Å². The first-order valence-corrected chi connectivity index (χ1v) is 6.32. The largest absolute Gasteiger partial charge is 0.493 e. The molecular formula is C13H14FNOS. The zero-order valence-electron chi connectivity index (χ0n) is 9.87. The molecule has 0 fully saturated rings. The molecule has 0 aliphatic rings. The molecule has 0 N–H and O–H groups in total. The Balaban J connectivity index is 1.94. The second-order valence-electron chi connectivity index (χ2n) is 3.87. The fourth-order valence-corrected chi connectivity index (χ4v) is 2.31. The van der Waals surface area contributed by atoms with Gasteiger partial charge in [0.05, 0.1) is 17.8 Å². The Morgan fingerprint density at radius 2 is 2.18 bits per heavy atom. The summed E-state index contributed by atoms with van der Waals surface area (Å²) in [6.45, 7) is 4.44. The fourth-order valence-electron chi connectivity index (χ4n) is 1.55. The van der Waals surface area contributed by atoms with Gasteiger partial charge in [-0.25, -0.2) is 9.37 Å². The highest BCUT2D eigenvalue weighted by Gasteiger charge is 2.04. The Kier molecular flexibility index (Phi) is 3.74. The zero-order chi connectivity index (χ0) is 12.3. The number of ether oxygens (including phenoxy) is 1. The van der Waals surface area contributed by atoms with E-state index in [9.17, 15) is 4.39 Å². The summed E-state index contributed by atoms with van der Waals surface area (Å²) >= 11 is 1.63. The van der Waals surface area contributed by atoms with Gasteiger partial charge in [0.2, 0.25) is 0 Å². The van der Waals surface area contributed by atoms with Gasteiger partial charge in [-0.15, -0.1) is 11.3 Å². The molecule has 1 heterocycles. The van der Waals surface area contributed by atoms with E-state index in [1.807, 2.05) is 19.4 Å². The molecule has 2 rings (SSSR count). The minimum absolute atomic E-state index is 0.264. The number of hydrogen-bond acceptors (Lipinski definition) is 3. The summed E-state index contributed by atoms with van der Waals surface area (Å²) in [6.07, 6.45) is 0.812. The van der Waals surface area contributed by atoms with Crippen molar-refractivity contribution in [3.63, 3.8) is 0 Å². The third-order valence-corrected chi connectivity index (χ3v) is 3.58. The van der Waals surface area contributed by atoms with Gasteiger partial charge in [-0.2, -0.15) is 0 Å². The predicted molar refractivity (Wildman–Crippen MR) is 67.2 cm³/mol. The smallest absolute Gasteiger partial charge is 0.126 e. The predicted octanol–water partition coefficient (Wildman–Crippen LogP) is 3.52. The number of hydrogen-bond donors (Lipinski definition) is 0. The average Bonchev–Trinajstić information content (AvgIpc) is 2.70. The summed E-state index contributed by atoms with van der Waals surface area (Å²) in [5.41, 5.74) is 3.83. The minimum atomic E-state index is -0.264. The molecule has 2 aromatic rings. The SMILES string of the molecule is Cc1ccc(F)cc1OCCc1scnc1C. The number of aryl methyl sites for hydroxylation is 2. The van der Waals surface area contributed by atoms with Crippen LogP contribution in [0.2, 0.25) is 0 Å². The van der Waals surface area contributed by atoms with Crippen LogP contribution >= 0.6 is 11.3 Å². The molecule has 17 heavy (non-hydrogen) atoms. The first-order valence-electron chi connectivity index (χ1n) is 5.45. The van der Waals surface area contributed by atoms with E-state index in [1.54, 1.807) is 17.4 Å². The Hall–Kier alpha value is -1.42. The third kappa shape index (κ3) is 3.03. The van der Waals surface area contributed by atoms with E-state index in [0.717, 1.165) is 17.7 Å². The molecule has 4 heteroatoms. The number of benzene rings is 1. The van der Waals surface area contributed by atoms with Crippen LogP contribution in [0.3, 0.4) is 0 Å². The summed E-state index contributed by atoms with van der Waals surface area (Å²) in [6, 6.07) is 4.59. The molecule has 0 atom stereocenters. The number of aromatic nitrogens is 1. The zero-order valence-corrected chi connectivity index (χ0v) is 10.7. The summed E-state index contributed by atoms with van der Waals surface area (Å²) in [5.74, 6) is 0.353. The maximum Gasteiger partial charge on any atom is 0.126 e. The van der Waals surface area contributed by atoms with Gasteiger partial charge in [0.25, 0.3) is 0 Å². The molecule has 2 nitrogen and oxygen atoms in total. The minimum Gasteiger partial charge on any atom is -0.493 e. The molecule has 0 radical (unpaired) electrons. The highest BCUT2D eigenvalue weighted by Crippen LogP contribution is 2.19. The van der Waals surface area contributed by atoms with Crippen LogP contribution in [0.1, 0.15) is 16.1 Å². The lowest BCUT2D eigenvalue weighted by Gasteiger charge is -2.08. The molecule has 1 aromatic heterocycles. The number of rotatable bonds is 4. The van der Waals surface area contributed by atoms with Gasteiger partial charge in [0.1, 0.15) is 11.6 Å². The molecule has 90 valence electrons. The van der Waals surface area contributed by atoms with Crippen LogP contribution in [-0.2, 0) is 6.42 Å². The van der Waals surface area contributed by atoms with Gasteiger partial charge in [-0.05, 0) is 25.5 Å². The van der Waals surface area contributed by atoms with Crippen molar-refractivity contribution in [1.82, 2.24) is 4.98 Å². The Bertz CT molecular complexity index is 510. The van der Waals surface area contributed by atoms with Gasteiger partial charge in [0.15, 0.2) is 0 Å². The van der Waals surface area contributed by atoms with E-state index in [0.29, 0.717) is 12.4 Å². The molecule has 0 aliphatic heterocycles. The van der Waals surface area contributed by atoms with E-state index < -0.39 is 0 Å². The van der Waals surface area contributed by atoms with E-state index in [1.165, 1.54) is 17.0 Å². The fraction of sp³-hybridized carbons (Fsp3) is 0.308. The third-order valence-electron chi connectivity index (χ3n) is 2.58. The first kappa shape index (κ1) is 12.0. The van der Waals surface area contributed by atoms with Gasteiger partial charge in [0, 0.05) is 17.4 Å². The summed E-state index contributed by atoms with van der Waals surface area (Å²) in [7, 11) is 0. The maximum absolute atomic E-state index is 13.0. The number of halogens is 1. The van der Waals surface area contributed by atoms with E-state index in [2.05, 4.69) is 4.98 Å². The Labute approximate surface area is 104 Å². The normalized spacial score (nSPS) is 10.5. The van der Waals surface area contributed by atoms with Gasteiger partial charge < -0.3 is 4.74 Å². The molecule has 0 bridgehead atoms. The lowest BCUT2D eigenvalue weighted by atomic mass is 10.2. The Morgan fingerprint density at radius 1 is 1.35 bits per heavy atom. The highest BCUT2D eigenvalue weighted by atomic mass is 32.1. The van der Waals surface area contributed by atoms with E-state index in [-0.39, 0.29) is 5.82 Å². The van der Waals surface area contributed by atoms with Crippen molar-refractivity contribution in [2.75, 3.05) is 6.61 Å². The van der Waals surface area contributed by atoms with Crippen molar-refractivity contribution in [2.45, 2.75) is 20.3 Å². The van der Waals surface area contributed by atoms with Crippen LogP contribution in [-0.4, -0.2) is 11.6 Å². The van der Waals surface area contributed by atoms with Crippen molar-refractivity contribution in [1.29, 1.82) is 0 Å². The van der Waals surface area contributed by atoms with Gasteiger partial charge >= 0.3 is 0 Å². The van der Waals surface area contributed by atoms with Gasteiger partial charge in [-0.1, -0.05) is 6.07 Å². The lowest BCUT2D eigenvalue weighted by molar-refractivity contribution is 0.318. The van der Waals surface area contributed by atoms with Crippen LogP contribution in [0.15, 0.2) is 23.7 Å². The van der Waals surface area contributed by atoms with Crippen LogP contribution in [0.5, 0.6) is 5.75 Å². The molecular weight excluding hydrogens is 237 g/mol. The molecule has 0 amide bonds. The molecule has 0 saturated heterocycles. The highest BCUT2D eigenvalue weighted by molar-refractivity contribution is 7.09. The van der Waals surface area contributed by atoms with Crippen molar-refractivity contribution < 1.29 is 9.13 Å². The van der Waals surface area contributed by atoms with Crippen molar-refractivity contribution in [2.24, 2.45) is 0 Å². The van der Waals surface area contributed by atoms with Crippen molar-refractivity contribution >= 4 is 11.3 Å². The number of thiazole rings is 1. The summed E-state index contributed by atoms with van der Waals surface area (Å²) in [4.78, 5) is 5.40. The molecule has 1 aromatic carbocycles. The topological polar surface area (TPSA) is 22.1 Å². The second-order valence-corrected chi connectivity index (χ2v) is 4.81. The number of nitrogens with zero attached hydrogens (tertiary/aromatic N) is 1.